The smallest absolute Gasteiger partial charge is 0.120 e. The summed E-state index contributed by atoms with van der Waals surface area (Å²) in [6.07, 6.45) is 1.24. The van der Waals surface area contributed by atoms with Gasteiger partial charge in [0, 0.05) is 12.6 Å². The van der Waals surface area contributed by atoms with Crippen molar-refractivity contribution in [3.05, 3.63) is 23.7 Å². The third-order valence-electron chi connectivity index (χ3n) is 3.06. The fraction of sp³-hybridized carbons (Fsp3) is 0.667. The molecule has 1 N–H and O–H groups in total. The Hall–Kier alpha value is -0.800. The molecule has 1 aliphatic heterocycles. The van der Waals surface area contributed by atoms with Crippen LogP contribution in [0.5, 0.6) is 0 Å². The van der Waals surface area contributed by atoms with E-state index in [1.165, 1.54) is 13.0 Å². The normalized spacial score (nSPS) is 24.6. The van der Waals surface area contributed by atoms with E-state index in [-0.39, 0.29) is 0 Å². The first kappa shape index (κ1) is 10.7. The predicted octanol–water partition coefficient (Wildman–Crippen LogP) is 1.94. The lowest BCUT2D eigenvalue weighted by Gasteiger charge is -2.17. The summed E-state index contributed by atoms with van der Waals surface area (Å²) in [5.41, 5.74) is 0. The van der Waals surface area contributed by atoms with Gasteiger partial charge in [-0.05, 0) is 46.0 Å². The van der Waals surface area contributed by atoms with Crippen LogP contribution in [0.2, 0.25) is 0 Å². The summed E-state index contributed by atoms with van der Waals surface area (Å²) >= 11 is 0. The number of hydrogen-bond donors (Lipinski definition) is 1. The maximum Gasteiger partial charge on any atom is 0.120 e. The van der Waals surface area contributed by atoms with Crippen molar-refractivity contribution in [1.82, 2.24) is 10.2 Å². The third-order valence-corrected chi connectivity index (χ3v) is 3.06. The van der Waals surface area contributed by atoms with Gasteiger partial charge >= 0.3 is 0 Å². The number of rotatable bonds is 3. The lowest BCUT2D eigenvalue weighted by atomic mass is 10.2. The van der Waals surface area contributed by atoms with E-state index in [1.807, 2.05) is 13.0 Å². The van der Waals surface area contributed by atoms with Gasteiger partial charge in [0.25, 0.3) is 0 Å². The van der Waals surface area contributed by atoms with Gasteiger partial charge in [-0.15, -0.1) is 0 Å². The van der Waals surface area contributed by atoms with Gasteiger partial charge in [0.1, 0.15) is 11.5 Å². The second-order valence-electron chi connectivity index (χ2n) is 4.58. The van der Waals surface area contributed by atoms with E-state index >= 15 is 0 Å². The molecule has 0 spiro atoms. The molecule has 1 aliphatic rings. The minimum Gasteiger partial charge on any atom is -0.465 e. The Morgan fingerprint density at radius 1 is 1.53 bits per heavy atom. The molecule has 1 aromatic rings. The summed E-state index contributed by atoms with van der Waals surface area (Å²) < 4.78 is 5.61. The number of aryl methyl sites for hydroxylation is 1. The van der Waals surface area contributed by atoms with E-state index in [2.05, 4.69) is 30.3 Å². The van der Waals surface area contributed by atoms with Crippen molar-refractivity contribution in [1.29, 1.82) is 0 Å². The van der Waals surface area contributed by atoms with Gasteiger partial charge in [-0.3, -0.25) is 0 Å². The van der Waals surface area contributed by atoms with Crippen LogP contribution >= 0.6 is 0 Å². The van der Waals surface area contributed by atoms with Crippen LogP contribution in [-0.4, -0.2) is 31.1 Å². The van der Waals surface area contributed by atoms with E-state index in [0.717, 1.165) is 18.1 Å². The Balaban J connectivity index is 1.89. The summed E-state index contributed by atoms with van der Waals surface area (Å²) in [5.74, 6) is 2.03. The molecule has 1 saturated heterocycles. The molecular formula is C12H20N2O. The molecule has 0 unspecified atom stereocenters. The molecule has 0 amide bonds. The highest BCUT2D eigenvalue weighted by molar-refractivity contribution is 5.09. The molecule has 0 bridgehead atoms. The number of likely N-dealkylation sites (N-methyl/N-ethyl adjacent to an activating group) is 1. The van der Waals surface area contributed by atoms with E-state index in [4.69, 9.17) is 4.42 Å². The van der Waals surface area contributed by atoms with Crippen LogP contribution in [0.25, 0.3) is 0 Å². The minimum absolute atomic E-state index is 0.315. The molecular weight excluding hydrogens is 188 g/mol. The highest BCUT2D eigenvalue weighted by Crippen LogP contribution is 2.18. The highest BCUT2D eigenvalue weighted by atomic mass is 16.3. The minimum atomic E-state index is 0.315. The maximum absolute atomic E-state index is 5.61. The largest absolute Gasteiger partial charge is 0.465 e. The molecule has 3 nitrogen and oxygen atoms in total. The summed E-state index contributed by atoms with van der Waals surface area (Å²) in [7, 11) is 2.17. The van der Waals surface area contributed by atoms with Gasteiger partial charge in [-0.25, -0.2) is 0 Å². The molecule has 15 heavy (non-hydrogen) atoms. The quantitative estimate of drug-likeness (QED) is 0.823. The van der Waals surface area contributed by atoms with Gasteiger partial charge in [-0.1, -0.05) is 0 Å². The standard InChI is InChI=1S/C12H20N2O/c1-9-4-5-12(15-9)10(2)13-11-6-7-14(3)8-11/h4-5,10-11,13H,6-8H2,1-3H3/t10-,11+/m1/s1. The summed E-state index contributed by atoms with van der Waals surface area (Å²) in [6.45, 7) is 6.49. The molecule has 1 aromatic heterocycles. The molecule has 2 atom stereocenters. The van der Waals surface area contributed by atoms with Crippen LogP contribution in [0.4, 0.5) is 0 Å². The van der Waals surface area contributed by atoms with Crippen LogP contribution in [-0.2, 0) is 0 Å². The van der Waals surface area contributed by atoms with Gasteiger partial charge in [-0.2, -0.15) is 0 Å². The van der Waals surface area contributed by atoms with Gasteiger partial charge in [0.2, 0.25) is 0 Å². The zero-order valence-corrected chi connectivity index (χ0v) is 9.79. The van der Waals surface area contributed by atoms with Crippen LogP contribution in [0.1, 0.15) is 30.9 Å². The Morgan fingerprint density at radius 3 is 2.87 bits per heavy atom. The van der Waals surface area contributed by atoms with Crippen molar-refractivity contribution in [2.75, 3.05) is 20.1 Å². The first-order valence-corrected chi connectivity index (χ1v) is 5.66. The zero-order valence-electron chi connectivity index (χ0n) is 9.79. The molecule has 0 saturated carbocycles. The predicted molar refractivity (Wildman–Crippen MR) is 60.9 cm³/mol. The monoisotopic (exact) mass is 208 g/mol. The molecule has 3 heteroatoms. The Bertz CT molecular complexity index is 321. The number of furan rings is 1. The fourth-order valence-electron chi connectivity index (χ4n) is 2.19. The van der Waals surface area contributed by atoms with Crippen molar-refractivity contribution in [3.8, 4) is 0 Å². The van der Waals surface area contributed by atoms with Crippen LogP contribution in [0, 0.1) is 6.92 Å². The van der Waals surface area contributed by atoms with E-state index in [9.17, 15) is 0 Å². The SMILES string of the molecule is Cc1ccc([C@@H](C)N[C@H]2CCN(C)C2)o1. The zero-order chi connectivity index (χ0) is 10.8. The molecule has 0 aliphatic carbocycles. The summed E-state index contributed by atoms with van der Waals surface area (Å²) in [5, 5.41) is 3.60. The van der Waals surface area contributed by atoms with Crippen LogP contribution in [0.3, 0.4) is 0 Å². The second-order valence-corrected chi connectivity index (χ2v) is 4.58. The van der Waals surface area contributed by atoms with Crippen LogP contribution in [0.15, 0.2) is 16.5 Å². The topological polar surface area (TPSA) is 28.4 Å². The maximum atomic E-state index is 5.61. The Morgan fingerprint density at radius 2 is 2.33 bits per heavy atom. The molecule has 2 heterocycles. The van der Waals surface area contributed by atoms with Gasteiger partial charge in [0.05, 0.1) is 6.04 Å². The average molecular weight is 208 g/mol. The Kier molecular flexibility index (Phi) is 3.12. The molecule has 2 rings (SSSR count). The highest BCUT2D eigenvalue weighted by Gasteiger charge is 2.22. The van der Waals surface area contributed by atoms with E-state index < -0.39 is 0 Å². The second kappa shape index (κ2) is 4.37. The first-order chi connectivity index (χ1) is 7.15. The first-order valence-electron chi connectivity index (χ1n) is 5.66. The fourth-order valence-corrected chi connectivity index (χ4v) is 2.19. The number of nitrogens with zero attached hydrogens (tertiary/aromatic N) is 1. The van der Waals surface area contributed by atoms with Crippen molar-refractivity contribution in [3.63, 3.8) is 0 Å². The molecule has 84 valence electrons. The summed E-state index contributed by atoms with van der Waals surface area (Å²) in [4.78, 5) is 2.36. The average Bonchev–Trinajstić information content (AvgIpc) is 2.75. The number of hydrogen-bond acceptors (Lipinski definition) is 3. The van der Waals surface area contributed by atoms with Crippen molar-refractivity contribution >= 4 is 0 Å². The molecule has 0 radical (unpaired) electrons. The van der Waals surface area contributed by atoms with Gasteiger partial charge < -0.3 is 14.6 Å². The third kappa shape index (κ3) is 2.61. The van der Waals surface area contributed by atoms with Crippen molar-refractivity contribution < 1.29 is 4.42 Å². The lowest BCUT2D eigenvalue weighted by molar-refractivity contribution is 0.361. The number of nitrogens with one attached hydrogen (secondary N) is 1. The van der Waals surface area contributed by atoms with Crippen LogP contribution < -0.4 is 5.32 Å². The van der Waals surface area contributed by atoms with E-state index in [0.29, 0.717) is 12.1 Å². The van der Waals surface area contributed by atoms with Crippen molar-refractivity contribution in [2.45, 2.75) is 32.4 Å². The molecule has 0 aromatic carbocycles. The van der Waals surface area contributed by atoms with Gasteiger partial charge in [0.15, 0.2) is 0 Å². The van der Waals surface area contributed by atoms with Crippen molar-refractivity contribution in [2.24, 2.45) is 0 Å². The number of likely N-dealkylation sites (tertiary alicyclic amines) is 1. The Labute approximate surface area is 91.4 Å². The summed E-state index contributed by atoms with van der Waals surface area (Å²) in [6, 6.07) is 5.01. The molecule has 1 fully saturated rings. The van der Waals surface area contributed by atoms with E-state index in [1.54, 1.807) is 0 Å². The lowest BCUT2D eigenvalue weighted by Crippen LogP contribution is -2.33.